The number of benzene rings is 1. The minimum atomic E-state index is 0.152. The Morgan fingerprint density at radius 1 is 0.952 bits per heavy atom. The molecule has 1 N–H and O–H groups in total. The van der Waals surface area contributed by atoms with Gasteiger partial charge in [0.15, 0.2) is 5.82 Å². The molecule has 1 atom stereocenters. The molecule has 3 nitrogen and oxygen atoms in total. The molecule has 1 heterocycles. The number of hydrogen-bond acceptors (Lipinski definition) is 3. The van der Waals surface area contributed by atoms with Crippen LogP contribution < -0.4 is 5.32 Å². The summed E-state index contributed by atoms with van der Waals surface area (Å²) in [5, 5.41) is 12.9. The zero-order valence-corrected chi connectivity index (χ0v) is 14.0. The van der Waals surface area contributed by atoms with E-state index in [-0.39, 0.29) is 6.04 Å². The molecule has 0 aliphatic heterocycles. The van der Waals surface area contributed by atoms with Crippen molar-refractivity contribution in [3.05, 3.63) is 51.7 Å². The monoisotopic (exact) mass is 303 g/mol. The van der Waals surface area contributed by atoms with E-state index in [4.69, 9.17) is 11.6 Å². The summed E-state index contributed by atoms with van der Waals surface area (Å²) in [7, 11) is 0. The van der Waals surface area contributed by atoms with E-state index in [1.165, 1.54) is 11.1 Å². The summed E-state index contributed by atoms with van der Waals surface area (Å²) in [6.45, 7) is 10.6. The summed E-state index contributed by atoms with van der Waals surface area (Å²) in [5.74, 6) is 1.23. The van der Waals surface area contributed by atoms with Crippen LogP contribution in [0.3, 0.4) is 0 Å². The van der Waals surface area contributed by atoms with Gasteiger partial charge in [-0.05, 0) is 55.5 Å². The van der Waals surface area contributed by atoms with Crippen LogP contribution in [0.4, 0.5) is 5.82 Å². The Kier molecular flexibility index (Phi) is 4.84. The van der Waals surface area contributed by atoms with Crippen LogP contribution in [0.15, 0.2) is 24.3 Å². The molecule has 1 aromatic carbocycles. The number of halogens is 1. The molecular weight excluding hydrogens is 282 g/mol. The minimum absolute atomic E-state index is 0.152. The summed E-state index contributed by atoms with van der Waals surface area (Å²) in [4.78, 5) is 0. The summed E-state index contributed by atoms with van der Waals surface area (Å²) in [6, 6.07) is 8.01. The van der Waals surface area contributed by atoms with Gasteiger partial charge in [-0.1, -0.05) is 37.6 Å². The van der Waals surface area contributed by atoms with Gasteiger partial charge in [0.05, 0.1) is 11.7 Å². The van der Waals surface area contributed by atoms with E-state index in [1.54, 1.807) is 0 Å². The standard InChI is InChI=1S/C17H22ClN3/c1-10(2)16-11(3)12(4)17(21-20-16)19-13(5)14-6-8-15(18)9-7-14/h6-10,13H,1-5H3,(H,19,21)/t13-/m0/s1. The normalized spacial score (nSPS) is 12.5. The van der Waals surface area contributed by atoms with Gasteiger partial charge >= 0.3 is 0 Å². The van der Waals surface area contributed by atoms with Crippen LogP contribution in [0.2, 0.25) is 5.02 Å². The molecule has 4 heteroatoms. The molecule has 0 saturated carbocycles. The molecule has 0 unspecified atom stereocenters. The largest absolute Gasteiger partial charge is 0.362 e. The van der Waals surface area contributed by atoms with E-state index in [0.29, 0.717) is 5.92 Å². The van der Waals surface area contributed by atoms with Gasteiger partial charge < -0.3 is 5.32 Å². The Balaban J connectivity index is 2.23. The number of aromatic nitrogens is 2. The lowest BCUT2D eigenvalue weighted by Gasteiger charge is -2.19. The average molecular weight is 304 g/mol. The van der Waals surface area contributed by atoms with Gasteiger partial charge in [-0.25, -0.2) is 0 Å². The van der Waals surface area contributed by atoms with Crippen molar-refractivity contribution in [1.29, 1.82) is 0 Å². The highest BCUT2D eigenvalue weighted by Gasteiger charge is 2.14. The number of nitrogens with one attached hydrogen (secondary N) is 1. The molecule has 1 aromatic heterocycles. The Labute approximate surface area is 131 Å². The molecule has 0 bridgehead atoms. The van der Waals surface area contributed by atoms with Crippen molar-refractivity contribution in [3.63, 3.8) is 0 Å². The highest BCUT2D eigenvalue weighted by molar-refractivity contribution is 6.30. The van der Waals surface area contributed by atoms with Crippen LogP contribution in [0.5, 0.6) is 0 Å². The van der Waals surface area contributed by atoms with Gasteiger partial charge in [0.25, 0.3) is 0 Å². The highest BCUT2D eigenvalue weighted by Crippen LogP contribution is 2.26. The van der Waals surface area contributed by atoms with Crippen LogP contribution in [-0.2, 0) is 0 Å². The first kappa shape index (κ1) is 15.8. The van der Waals surface area contributed by atoms with Crippen LogP contribution >= 0.6 is 11.6 Å². The van der Waals surface area contributed by atoms with Crippen molar-refractivity contribution >= 4 is 17.4 Å². The lowest BCUT2D eigenvalue weighted by molar-refractivity contribution is 0.762. The van der Waals surface area contributed by atoms with Crippen LogP contribution in [0.25, 0.3) is 0 Å². The average Bonchev–Trinajstić information content (AvgIpc) is 2.44. The first-order valence-electron chi connectivity index (χ1n) is 7.26. The molecule has 0 aliphatic rings. The first-order valence-corrected chi connectivity index (χ1v) is 7.63. The summed E-state index contributed by atoms with van der Waals surface area (Å²) in [5.41, 5.74) is 4.61. The van der Waals surface area contributed by atoms with Gasteiger partial charge in [0, 0.05) is 5.02 Å². The summed E-state index contributed by atoms with van der Waals surface area (Å²) >= 11 is 5.93. The smallest absolute Gasteiger partial charge is 0.152 e. The van der Waals surface area contributed by atoms with Gasteiger partial charge in [0.1, 0.15) is 0 Å². The third-order valence-electron chi connectivity index (χ3n) is 3.83. The van der Waals surface area contributed by atoms with Crippen LogP contribution in [0.1, 0.15) is 55.1 Å². The maximum absolute atomic E-state index is 5.93. The summed E-state index contributed by atoms with van der Waals surface area (Å²) in [6.07, 6.45) is 0. The fraction of sp³-hybridized carbons (Fsp3) is 0.412. The molecule has 112 valence electrons. The Morgan fingerprint density at radius 3 is 2.14 bits per heavy atom. The summed E-state index contributed by atoms with van der Waals surface area (Å²) < 4.78 is 0. The predicted molar refractivity (Wildman–Crippen MR) is 89.1 cm³/mol. The fourth-order valence-electron chi connectivity index (χ4n) is 2.35. The van der Waals surface area contributed by atoms with Crippen LogP contribution in [0, 0.1) is 13.8 Å². The SMILES string of the molecule is Cc1c(N[C@@H](C)c2ccc(Cl)cc2)nnc(C(C)C)c1C. The molecule has 0 amide bonds. The third kappa shape index (κ3) is 3.53. The zero-order valence-electron chi connectivity index (χ0n) is 13.2. The zero-order chi connectivity index (χ0) is 15.6. The first-order chi connectivity index (χ1) is 9.90. The second-order valence-electron chi connectivity index (χ2n) is 5.76. The topological polar surface area (TPSA) is 37.8 Å². The van der Waals surface area contributed by atoms with E-state index in [9.17, 15) is 0 Å². The van der Waals surface area contributed by atoms with Crippen molar-refractivity contribution in [3.8, 4) is 0 Å². The number of rotatable bonds is 4. The number of hydrogen-bond donors (Lipinski definition) is 1. The van der Waals surface area contributed by atoms with Gasteiger partial charge in [-0.3, -0.25) is 0 Å². The molecule has 2 rings (SSSR count). The lowest BCUT2D eigenvalue weighted by Crippen LogP contribution is -2.12. The van der Waals surface area contributed by atoms with Gasteiger partial charge in [-0.15, -0.1) is 5.10 Å². The van der Waals surface area contributed by atoms with E-state index in [2.05, 4.69) is 50.1 Å². The van der Waals surface area contributed by atoms with Crippen molar-refractivity contribution in [2.24, 2.45) is 0 Å². The van der Waals surface area contributed by atoms with Crippen LogP contribution in [-0.4, -0.2) is 10.2 Å². The maximum atomic E-state index is 5.93. The minimum Gasteiger partial charge on any atom is -0.362 e. The maximum Gasteiger partial charge on any atom is 0.152 e. The third-order valence-corrected chi connectivity index (χ3v) is 4.08. The van der Waals surface area contributed by atoms with Crippen molar-refractivity contribution in [2.75, 3.05) is 5.32 Å². The van der Waals surface area contributed by atoms with Gasteiger partial charge in [-0.2, -0.15) is 5.10 Å². The quantitative estimate of drug-likeness (QED) is 0.859. The second-order valence-corrected chi connectivity index (χ2v) is 6.19. The van der Waals surface area contributed by atoms with Crippen molar-refractivity contribution < 1.29 is 0 Å². The van der Waals surface area contributed by atoms with Crippen molar-refractivity contribution in [2.45, 2.75) is 46.6 Å². The van der Waals surface area contributed by atoms with E-state index >= 15 is 0 Å². The fourth-order valence-corrected chi connectivity index (χ4v) is 2.48. The van der Waals surface area contributed by atoms with Gasteiger partial charge in [0.2, 0.25) is 0 Å². The number of nitrogens with zero attached hydrogens (tertiary/aromatic N) is 2. The molecule has 0 spiro atoms. The molecule has 0 radical (unpaired) electrons. The molecule has 0 aliphatic carbocycles. The van der Waals surface area contributed by atoms with E-state index in [1.807, 2.05) is 24.3 Å². The molecule has 21 heavy (non-hydrogen) atoms. The second kappa shape index (κ2) is 6.44. The molecular formula is C17H22ClN3. The Bertz CT molecular complexity index is 621. The molecule has 2 aromatic rings. The van der Waals surface area contributed by atoms with E-state index in [0.717, 1.165) is 22.1 Å². The Hall–Kier alpha value is -1.61. The Morgan fingerprint density at radius 2 is 1.57 bits per heavy atom. The molecule has 0 saturated heterocycles. The predicted octanol–water partition coefficient (Wildman–Crippen LogP) is 5.04. The van der Waals surface area contributed by atoms with Crippen molar-refractivity contribution in [1.82, 2.24) is 10.2 Å². The number of anilines is 1. The highest BCUT2D eigenvalue weighted by atomic mass is 35.5. The lowest BCUT2D eigenvalue weighted by atomic mass is 10.0. The molecule has 0 fully saturated rings. The van der Waals surface area contributed by atoms with E-state index < -0.39 is 0 Å².